The molecule has 0 atom stereocenters. The highest BCUT2D eigenvalue weighted by molar-refractivity contribution is 5.75. The van der Waals surface area contributed by atoms with Gasteiger partial charge in [-0.1, -0.05) is 6.92 Å². The van der Waals surface area contributed by atoms with Gasteiger partial charge in [0.25, 0.3) is 5.56 Å². The monoisotopic (exact) mass is 256 g/mol. The minimum absolute atomic E-state index is 0.106. The molecule has 0 radical (unpaired) electrons. The Bertz CT molecular complexity index is 829. The summed E-state index contributed by atoms with van der Waals surface area (Å²) < 4.78 is 1.90. The lowest BCUT2D eigenvalue weighted by atomic mass is 10.3. The summed E-state index contributed by atoms with van der Waals surface area (Å²) in [5.74, 6) is 0.907. The van der Waals surface area contributed by atoms with Crippen molar-refractivity contribution in [1.29, 1.82) is 0 Å². The van der Waals surface area contributed by atoms with Crippen LogP contribution in [0.3, 0.4) is 0 Å². The van der Waals surface area contributed by atoms with Crippen LogP contribution < -0.4 is 5.56 Å². The third kappa shape index (κ3) is 1.73. The van der Waals surface area contributed by atoms with Gasteiger partial charge in [0.15, 0.2) is 5.65 Å². The Balaban J connectivity index is 2.56. The first kappa shape index (κ1) is 11.9. The molecule has 1 N–H and O–H groups in total. The Hall–Kier alpha value is -2.17. The molecule has 5 heteroatoms. The maximum absolute atomic E-state index is 12.2. The molecular formula is C14H16N4O. The predicted octanol–water partition coefficient (Wildman–Crippen LogP) is 2.14. The van der Waals surface area contributed by atoms with Crippen LogP contribution in [0, 0.1) is 13.8 Å². The van der Waals surface area contributed by atoms with Crippen molar-refractivity contribution < 1.29 is 0 Å². The number of aromatic amines is 1. The van der Waals surface area contributed by atoms with Crippen LogP contribution in [-0.2, 0) is 6.42 Å². The SMILES string of the molecule is CCCc1nc(C)c2c(=O)[nH]c3ccc(C)nc3n12. The lowest BCUT2D eigenvalue weighted by molar-refractivity contribution is 0.832. The van der Waals surface area contributed by atoms with Crippen LogP contribution in [0.5, 0.6) is 0 Å². The number of nitrogens with zero attached hydrogens (tertiary/aromatic N) is 3. The molecule has 0 saturated carbocycles. The van der Waals surface area contributed by atoms with E-state index < -0.39 is 0 Å². The van der Waals surface area contributed by atoms with Gasteiger partial charge in [0.2, 0.25) is 0 Å². The maximum Gasteiger partial charge on any atom is 0.274 e. The normalized spacial score (nSPS) is 11.5. The predicted molar refractivity (Wildman–Crippen MR) is 74.6 cm³/mol. The summed E-state index contributed by atoms with van der Waals surface area (Å²) in [7, 11) is 0. The average molecular weight is 256 g/mol. The number of aromatic nitrogens is 4. The Labute approximate surface area is 110 Å². The zero-order valence-corrected chi connectivity index (χ0v) is 11.3. The molecule has 0 aliphatic rings. The summed E-state index contributed by atoms with van der Waals surface area (Å²) in [5, 5.41) is 0. The molecule has 3 aromatic heterocycles. The zero-order valence-electron chi connectivity index (χ0n) is 11.3. The number of hydrogen-bond donors (Lipinski definition) is 1. The molecule has 0 unspecified atom stereocenters. The first-order chi connectivity index (χ1) is 9.11. The molecule has 0 fully saturated rings. The van der Waals surface area contributed by atoms with Gasteiger partial charge < -0.3 is 4.98 Å². The van der Waals surface area contributed by atoms with E-state index >= 15 is 0 Å². The third-order valence-electron chi connectivity index (χ3n) is 3.28. The van der Waals surface area contributed by atoms with E-state index in [2.05, 4.69) is 21.9 Å². The van der Waals surface area contributed by atoms with Crippen molar-refractivity contribution >= 4 is 16.7 Å². The van der Waals surface area contributed by atoms with Gasteiger partial charge in [0.05, 0.1) is 11.2 Å². The average Bonchev–Trinajstić information content (AvgIpc) is 2.69. The van der Waals surface area contributed by atoms with Crippen LogP contribution >= 0.6 is 0 Å². The largest absolute Gasteiger partial charge is 0.317 e. The molecule has 3 heterocycles. The maximum atomic E-state index is 12.2. The van der Waals surface area contributed by atoms with Crippen LogP contribution in [0.25, 0.3) is 16.7 Å². The standard InChI is InChI=1S/C14H16N4O/c1-4-5-11-16-9(3)12-14(19)17-10-7-6-8(2)15-13(10)18(11)12/h6-7H,4-5H2,1-3H3,(H,17,19). The van der Waals surface area contributed by atoms with Crippen molar-refractivity contribution in [3.05, 3.63) is 39.7 Å². The molecule has 0 aliphatic carbocycles. The van der Waals surface area contributed by atoms with Gasteiger partial charge >= 0.3 is 0 Å². The summed E-state index contributed by atoms with van der Waals surface area (Å²) in [6, 6.07) is 3.79. The van der Waals surface area contributed by atoms with Crippen molar-refractivity contribution in [3.8, 4) is 0 Å². The second-order valence-electron chi connectivity index (χ2n) is 4.83. The highest BCUT2D eigenvalue weighted by Gasteiger charge is 2.14. The van der Waals surface area contributed by atoms with Crippen molar-refractivity contribution in [1.82, 2.24) is 19.4 Å². The Kier molecular flexibility index (Phi) is 2.62. The molecular weight excluding hydrogens is 240 g/mol. The molecule has 0 spiro atoms. The minimum Gasteiger partial charge on any atom is -0.317 e. The van der Waals surface area contributed by atoms with Gasteiger partial charge in [-0.05, 0) is 32.4 Å². The van der Waals surface area contributed by atoms with E-state index in [-0.39, 0.29) is 5.56 Å². The number of hydrogen-bond acceptors (Lipinski definition) is 3. The minimum atomic E-state index is -0.106. The van der Waals surface area contributed by atoms with E-state index in [1.165, 1.54) is 0 Å². The van der Waals surface area contributed by atoms with E-state index in [0.29, 0.717) is 5.52 Å². The van der Waals surface area contributed by atoms with E-state index in [0.717, 1.165) is 41.2 Å². The molecule has 0 aliphatic heterocycles. The zero-order chi connectivity index (χ0) is 13.6. The summed E-state index contributed by atoms with van der Waals surface area (Å²) in [5.41, 5.74) is 3.71. The number of rotatable bonds is 2. The van der Waals surface area contributed by atoms with Gasteiger partial charge in [0, 0.05) is 12.1 Å². The van der Waals surface area contributed by atoms with Crippen molar-refractivity contribution in [2.45, 2.75) is 33.6 Å². The van der Waals surface area contributed by atoms with Gasteiger partial charge in [-0.15, -0.1) is 0 Å². The van der Waals surface area contributed by atoms with Crippen molar-refractivity contribution in [2.24, 2.45) is 0 Å². The molecule has 98 valence electrons. The molecule has 5 nitrogen and oxygen atoms in total. The van der Waals surface area contributed by atoms with E-state index in [1.807, 2.05) is 30.4 Å². The van der Waals surface area contributed by atoms with Gasteiger partial charge in [-0.3, -0.25) is 9.20 Å². The molecule has 19 heavy (non-hydrogen) atoms. The molecule has 3 aromatic rings. The van der Waals surface area contributed by atoms with Crippen molar-refractivity contribution in [3.63, 3.8) is 0 Å². The molecule has 3 rings (SSSR count). The number of aryl methyl sites for hydroxylation is 3. The van der Waals surface area contributed by atoms with Crippen LogP contribution in [0.1, 0.15) is 30.6 Å². The lowest BCUT2D eigenvalue weighted by Gasteiger charge is -2.05. The summed E-state index contributed by atoms with van der Waals surface area (Å²) in [6.45, 7) is 5.91. The smallest absolute Gasteiger partial charge is 0.274 e. The number of nitrogens with one attached hydrogen (secondary N) is 1. The quantitative estimate of drug-likeness (QED) is 0.764. The Morgan fingerprint density at radius 1 is 1.26 bits per heavy atom. The van der Waals surface area contributed by atoms with Crippen LogP contribution in [0.2, 0.25) is 0 Å². The van der Waals surface area contributed by atoms with E-state index in [9.17, 15) is 4.79 Å². The van der Waals surface area contributed by atoms with Gasteiger partial charge in [0.1, 0.15) is 11.3 Å². The topological polar surface area (TPSA) is 63.0 Å². The van der Waals surface area contributed by atoms with Gasteiger partial charge in [-0.2, -0.15) is 0 Å². The lowest BCUT2D eigenvalue weighted by Crippen LogP contribution is -2.13. The fourth-order valence-electron chi connectivity index (χ4n) is 2.47. The first-order valence-electron chi connectivity index (χ1n) is 6.49. The highest BCUT2D eigenvalue weighted by atomic mass is 16.1. The molecule has 0 bridgehead atoms. The van der Waals surface area contributed by atoms with Crippen LogP contribution in [0.15, 0.2) is 16.9 Å². The van der Waals surface area contributed by atoms with E-state index in [4.69, 9.17) is 0 Å². The Morgan fingerprint density at radius 3 is 2.79 bits per heavy atom. The van der Waals surface area contributed by atoms with Crippen LogP contribution in [-0.4, -0.2) is 19.4 Å². The number of fused-ring (bicyclic) bond motifs is 3. The fraction of sp³-hybridized carbons (Fsp3) is 0.357. The van der Waals surface area contributed by atoms with Crippen LogP contribution in [0.4, 0.5) is 0 Å². The third-order valence-corrected chi connectivity index (χ3v) is 3.28. The number of H-pyrrole nitrogens is 1. The second kappa shape index (κ2) is 4.19. The van der Waals surface area contributed by atoms with Crippen molar-refractivity contribution in [2.75, 3.05) is 0 Å². The first-order valence-corrected chi connectivity index (χ1v) is 6.49. The Morgan fingerprint density at radius 2 is 2.05 bits per heavy atom. The summed E-state index contributed by atoms with van der Waals surface area (Å²) in [6.07, 6.45) is 1.82. The molecule has 0 amide bonds. The molecule has 0 saturated heterocycles. The fourth-order valence-corrected chi connectivity index (χ4v) is 2.47. The van der Waals surface area contributed by atoms with Gasteiger partial charge in [-0.25, -0.2) is 9.97 Å². The second-order valence-corrected chi connectivity index (χ2v) is 4.83. The summed E-state index contributed by atoms with van der Waals surface area (Å²) >= 11 is 0. The summed E-state index contributed by atoms with van der Waals surface area (Å²) in [4.78, 5) is 24.1. The number of pyridine rings is 1. The number of imidazole rings is 1. The molecule has 0 aromatic carbocycles. The highest BCUT2D eigenvalue weighted by Crippen LogP contribution is 2.16. The van der Waals surface area contributed by atoms with E-state index in [1.54, 1.807) is 0 Å².